The maximum atomic E-state index is 12.5. The highest BCUT2D eigenvalue weighted by atomic mass is 16.5. The van der Waals surface area contributed by atoms with E-state index in [1.807, 2.05) is 24.3 Å². The average Bonchev–Trinajstić information content (AvgIpc) is 3.24. The molecule has 0 saturated carbocycles. The van der Waals surface area contributed by atoms with Crippen molar-refractivity contribution in [1.29, 1.82) is 0 Å². The van der Waals surface area contributed by atoms with E-state index in [0.717, 1.165) is 10.6 Å². The molecule has 0 aromatic heterocycles. The number of rotatable bonds is 4. The second-order valence-electron chi connectivity index (χ2n) is 6.37. The molecule has 0 radical (unpaired) electrons. The Morgan fingerprint density at radius 3 is 2.68 bits per heavy atom. The van der Waals surface area contributed by atoms with E-state index in [-0.39, 0.29) is 18.0 Å². The molecule has 2 aliphatic rings. The third-order valence-electron chi connectivity index (χ3n) is 4.36. The molecule has 9 nitrogen and oxygen atoms in total. The van der Waals surface area contributed by atoms with Gasteiger partial charge in [-0.05, 0) is 29.8 Å². The quantitative estimate of drug-likeness (QED) is 0.679. The summed E-state index contributed by atoms with van der Waals surface area (Å²) in [4.78, 5) is 47.5. The summed E-state index contributed by atoms with van der Waals surface area (Å²) in [7, 11) is 0. The molecule has 5 amide bonds. The molecule has 0 bridgehead atoms. The van der Waals surface area contributed by atoms with E-state index in [4.69, 9.17) is 4.74 Å². The van der Waals surface area contributed by atoms with Crippen molar-refractivity contribution in [1.82, 2.24) is 15.8 Å². The Kier molecular flexibility index (Phi) is 4.40. The number of amides is 5. The summed E-state index contributed by atoms with van der Waals surface area (Å²) >= 11 is 0. The molecular formula is C19H16N4O5. The van der Waals surface area contributed by atoms with Gasteiger partial charge in [-0.3, -0.25) is 25.1 Å². The van der Waals surface area contributed by atoms with Crippen LogP contribution in [-0.2, 0) is 16.0 Å². The van der Waals surface area contributed by atoms with Crippen molar-refractivity contribution in [3.05, 3.63) is 59.7 Å². The molecule has 2 aromatic carbocycles. The van der Waals surface area contributed by atoms with E-state index >= 15 is 0 Å². The second-order valence-corrected chi connectivity index (χ2v) is 6.37. The van der Waals surface area contributed by atoms with Gasteiger partial charge in [0.15, 0.2) is 6.10 Å². The Bertz CT molecular complexity index is 965. The molecule has 4 rings (SSSR count). The largest absolute Gasteiger partial charge is 0.480 e. The summed E-state index contributed by atoms with van der Waals surface area (Å²) in [6, 6.07) is 13.0. The summed E-state index contributed by atoms with van der Waals surface area (Å²) in [5, 5.41) is 5.68. The number of ether oxygens (including phenoxy) is 1. The minimum Gasteiger partial charge on any atom is -0.480 e. The van der Waals surface area contributed by atoms with Crippen LogP contribution in [0.3, 0.4) is 0 Å². The van der Waals surface area contributed by atoms with E-state index in [1.165, 1.54) is 12.1 Å². The first-order valence-electron chi connectivity index (χ1n) is 8.57. The Morgan fingerprint density at radius 1 is 1.11 bits per heavy atom. The van der Waals surface area contributed by atoms with Gasteiger partial charge < -0.3 is 10.1 Å². The Balaban J connectivity index is 1.40. The van der Waals surface area contributed by atoms with E-state index in [9.17, 15) is 19.2 Å². The van der Waals surface area contributed by atoms with Crippen LogP contribution in [0.4, 0.5) is 10.5 Å². The van der Waals surface area contributed by atoms with Gasteiger partial charge in [0.2, 0.25) is 5.91 Å². The molecule has 2 heterocycles. The number of hydrazine groups is 1. The van der Waals surface area contributed by atoms with E-state index in [1.54, 1.807) is 12.1 Å². The topological polar surface area (TPSA) is 117 Å². The Hall–Kier alpha value is -3.88. The van der Waals surface area contributed by atoms with Crippen LogP contribution >= 0.6 is 0 Å². The highest BCUT2D eigenvalue weighted by molar-refractivity contribution is 6.04. The van der Waals surface area contributed by atoms with Gasteiger partial charge in [-0.2, -0.15) is 0 Å². The van der Waals surface area contributed by atoms with E-state index < -0.39 is 23.9 Å². The number of para-hydroxylation sites is 1. The molecule has 1 saturated heterocycles. The monoisotopic (exact) mass is 380 g/mol. The van der Waals surface area contributed by atoms with Gasteiger partial charge in [-0.15, -0.1) is 0 Å². The number of imide groups is 1. The Labute approximate surface area is 159 Å². The fourth-order valence-electron chi connectivity index (χ4n) is 3.01. The maximum absolute atomic E-state index is 12.5. The number of fused-ring (bicyclic) bond motifs is 1. The number of carbonyl (C=O) groups is 4. The zero-order valence-corrected chi connectivity index (χ0v) is 14.6. The highest BCUT2D eigenvalue weighted by Gasteiger charge is 2.30. The van der Waals surface area contributed by atoms with Crippen LogP contribution in [0.15, 0.2) is 48.5 Å². The highest BCUT2D eigenvalue weighted by Crippen LogP contribution is 2.28. The lowest BCUT2D eigenvalue weighted by Gasteiger charge is -2.15. The number of carbonyl (C=O) groups excluding carboxylic acids is 4. The number of nitrogens with zero attached hydrogens (tertiary/aromatic N) is 1. The first-order chi connectivity index (χ1) is 13.5. The molecule has 2 aliphatic heterocycles. The minimum atomic E-state index is -0.694. The summed E-state index contributed by atoms with van der Waals surface area (Å²) < 4.78 is 5.65. The smallest absolute Gasteiger partial charge is 0.343 e. The number of anilines is 1. The van der Waals surface area contributed by atoms with Crippen molar-refractivity contribution in [3.8, 4) is 5.75 Å². The molecule has 28 heavy (non-hydrogen) atoms. The van der Waals surface area contributed by atoms with Gasteiger partial charge in [-0.25, -0.2) is 9.80 Å². The molecule has 1 atom stereocenters. The third kappa shape index (κ3) is 3.50. The average molecular weight is 380 g/mol. The predicted molar refractivity (Wildman–Crippen MR) is 97.3 cm³/mol. The van der Waals surface area contributed by atoms with Gasteiger partial charge in [0, 0.05) is 17.7 Å². The lowest BCUT2D eigenvalue weighted by molar-refractivity contribution is -0.122. The number of hydrogen-bond donors (Lipinski definition) is 3. The zero-order chi connectivity index (χ0) is 19.7. The molecule has 2 aromatic rings. The van der Waals surface area contributed by atoms with Crippen LogP contribution in [0.2, 0.25) is 0 Å². The third-order valence-corrected chi connectivity index (χ3v) is 4.36. The van der Waals surface area contributed by atoms with Crippen molar-refractivity contribution >= 4 is 29.4 Å². The van der Waals surface area contributed by atoms with Crippen LogP contribution in [0, 0.1) is 0 Å². The predicted octanol–water partition coefficient (Wildman–Crippen LogP) is 0.825. The lowest BCUT2D eigenvalue weighted by atomic mass is 10.1. The maximum Gasteiger partial charge on any atom is 0.343 e. The van der Waals surface area contributed by atoms with E-state index in [2.05, 4.69) is 16.1 Å². The van der Waals surface area contributed by atoms with Crippen molar-refractivity contribution in [2.45, 2.75) is 12.5 Å². The summed E-state index contributed by atoms with van der Waals surface area (Å²) in [6.07, 6.45) is -0.172. The first-order valence-corrected chi connectivity index (χ1v) is 8.57. The number of urea groups is 1. The minimum absolute atomic E-state index is 0.223. The number of benzene rings is 2. The molecule has 142 valence electrons. The first kappa shape index (κ1) is 17.5. The molecule has 1 fully saturated rings. The fraction of sp³-hybridized carbons (Fsp3) is 0.158. The molecular weight excluding hydrogens is 364 g/mol. The van der Waals surface area contributed by atoms with E-state index in [0.29, 0.717) is 17.9 Å². The normalized spacial score (nSPS) is 17.6. The molecule has 0 aliphatic carbocycles. The molecule has 0 spiro atoms. The van der Waals surface area contributed by atoms with Gasteiger partial charge >= 0.3 is 6.03 Å². The van der Waals surface area contributed by atoms with Gasteiger partial charge in [0.05, 0.1) is 0 Å². The van der Waals surface area contributed by atoms with Crippen molar-refractivity contribution in [2.24, 2.45) is 0 Å². The van der Waals surface area contributed by atoms with Gasteiger partial charge in [0.25, 0.3) is 11.8 Å². The standard InChI is InChI=1S/C19H16N4O5/c24-16-10-23(19(27)21-16)22-17(25)12-5-3-6-13(8-12)20-18(26)15-9-11-4-1-2-7-14(11)28-15/h1-8,15H,9-10H2,(H,20,26)(H,22,25)(H,21,24,27). The Morgan fingerprint density at radius 2 is 1.93 bits per heavy atom. The molecule has 3 N–H and O–H groups in total. The van der Waals surface area contributed by atoms with Crippen LogP contribution in [0.5, 0.6) is 5.75 Å². The molecule has 9 heteroatoms. The van der Waals surface area contributed by atoms with Crippen molar-refractivity contribution in [2.75, 3.05) is 11.9 Å². The summed E-state index contributed by atoms with van der Waals surface area (Å²) in [5.41, 5.74) is 3.95. The summed E-state index contributed by atoms with van der Waals surface area (Å²) in [5.74, 6) is -0.707. The fourth-order valence-corrected chi connectivity index (χ4v) is 3.01. The molecule has 1 unspecified atom stereocenters. The van der Waals surface area contributed by atoms with Crippen molar-refractivity contribution in [3.63, 3.8) is 0 Å². The van der Waals surface area contributed by atoms with Crippen molar-refractivity contribution < 1.29 is 23.9 Å². The lowest BCUT2D eigenvalue weighted by Crippen LogP contribution is -2.44. The van der Waals surface area contributed by atoms with Crippen LogP contribution < -0.4 is 20.8 Å². The van der Waals surface area contributed by atoms with Gasteiger partial charge in [-0.1, -0.05) is 24.3 Å². The second kappa shape index (κ2) is 7.03. The summed E-state index contributed by atoms with van der Waals surface area (Å²) in [6.45, 7) is -0.249. The van der Waals surface area contributed by atoms with Crippen LogP contribution in [0.1, 0.15) is 15.9 Å². The number of nitrogens with one attached hydrogen (secondary N) is 3. The SMILES string of the molecule is O=C1CN(NC(=O)c2cccc(NC(=O)C3Cc4ccccc4O3)c2)C(=O)N1. The zero-order valence-electron chi connectivity index (χ0n) is 14.6. The van der Waals surface area contributed by atoms with Crippen LogP contribution in [0.25, 0.3) is 0 Å². The number of hydrogen-bond acceptors (Lipinski definition) is 5. The van der Waals surface area contributed by atoms with Gasteiger partial charge in [0.1, 0.15) is 12.3 Å². The van der Waals surface area contributed by atoms with Crippen LogP contribution in [-0.4, -0.2) is 41.4 Å².